The highest BCUT2D eigenvalue weighted by Gasteiger charge is 2.07. The number of nitrogen functional groups attached to an aromatic ring is 1. The first-order chi connectivity index (χ1) is 8.52. The van der Waals surface area contributed by atoms with Crippen molar-refractivity contribution in [3.63, 3.8) is 0 Å². The van der Waals surface area contributed by atoms with Crippen LogP contribution in [-0.4, -0.2) is 43.4 Å². The van der Waals surface area contributed by atoms with Crippen LogP contribution in [0.15, 0.2) is 6.07 Å². The second kappa shape index (κ2) is 7.13. The summed E-state index contributed by atoms with van der Waals surface area (Å²) < 4.78 is 10.5. The Kier molecular flexibility index (Phi) is 5.80. The largest absolute Gasteiger partial charge is 0.384 e. The number of hydrogen-bond donors (Lipinski definition) is 1. The molecule has 0 aliphatic rings. The first kappa shape index (κ1) is 14.7. The third-order valence-electron chi connectivity index (χ3n) is 2.32. The van der Waals surface area contributed by atoms with Crippen molar-refractivity contribution in [2.24, 2.45) is 0 Å². The molecule has 0 saturated heterocycles. The molecule has 0 spiro atoms. The van der Waals surface area contributed by atoms with Gasteiger partial charge in [0.05, 0.1) is 12.7 Å². The highest BCUT2D eigenvalue weighted by atomic mass is 16.5. The van der Waals surface area contributed by atoms with Gasteiger partial charge in [0.2, 0.25) is 0 Å². The van der Waals surface area contributed by atoms with Gasteiger partial charge in [-0.3, -0.25) is 0 Å². The fourth-order valence-corrected chi connectivity index (χ4v) is 1.43. The van der Waals surface area contributed by atoms with E-state index < -0.39 is 0 Å². The molecule has 1 rings (SSSR count). The monoisotopic (exact) mass is 254 g/mol. The van der Waals surface area contributed by atoms with Crippen molar-refractivity contribution < 1.29 is 9.47 Å². The minimum absolute atomic E-state index is 0.234. The highest BCUT2D eigenvalue weighted by molar-refractivity contribution is 5.46. The lowest BCUT2D eigenvalue weighted by Crippen LogP contribution is -2.25. The van der Waals surface area contributed by atoms with Crippen LogP contribution < -0.4 is 10.6 Å². The lowest BCUT2D eigenvalue weighted by molar-refractivity contribution is 0.0845. The summed E-state index contributed by atoms with van der Waals surface area (Å²) in [6, 6.07) is 1.74. The van der Waals surface area contributed by atoms with Crippen LogP contribution >= 0.6 is 0 Å². The molecule has 0 amide bonds. The van der Waals surface area contributed by atoms with Gasteiger partial charge in [0.15, 0.2) is 5.82 Å². The van der Waals surface area contributed by atoms with Crippen LogP contribution in [-0.2, 0) is 16.1 Å². The van der Waals surface area contributed by atoms with E-state index in [4.69, 9.17) is 15.2 Å². The topological polar surface area (TPSA) is 73.5 Å². The van der Waals surface area contributed by atoms with Crippen molar-refractivity contribution in [3.05, 3.63) is 11.9 Å². The minimum Gasteiger partial charge on any atom is -0.384 e. The number of methoxy groups -OCH3 is 1. The molecule has 0 saturated carbocycles. The number of rotatable bonds is 7. The fraction of sp³-hybridized carbons (Fsp3) is 0.667. The third-order valence-corrected chi connectivity index (χ3v) is 2.32. The molecule has 18 heavy (non-hydrogen) atoms. The van der Waals surface area contributed by atoms with E-state index in [0.29, 0.717) is 24.9 Å². The van der Waals surface area contributed by atoms with E-state index in [2.05, 4.69) is 9.97 Å². The summed E-state index contributed by atoms with van der Waals surface area (Å²) in [5, 5.41) is 0. The Morgan fingerprint density at radius 1 is 1.39 bits per heavy atom. The highest BCUT2D eigenvalue weighted by Crippen LogP contribution is 2.12. The molecule has 2 N–H and O–H groups in total. The zero-order valence-electron chi connectivity index (χ0n) is 11.5. The van der Waals surface area contributed by atoms with E-state index in [1.165, 1.54) is 0 Å². The smallest absolute Gasteiger partial charge is 0.158 e. The van der Waals surface area contributed by atoms with E-state index in [-0.39, 0.29) is 6.10 Å². The lowest BCUT2D eigenvalue weighted by Gasteiger charge is -2.19. The molecule has 0 bridgehead atoms. The summed E-state index contributed by atoms with van der Waals surface area (Å²) in [6.07, 6.45) is 0.234. The van der Waals surface area contributed by atoms with Crippen LogP contribution in [0, 0.1) is 0 Å². The first-order valence-electron chi connectivity index (χ1n) is 5.98. The Morgan fingerprint density at radius 3 is 2.72 bits per heavy atom. The molecule has 1 aromatic heterocycles. The van der Waals surface area contributed by atoms with E-state index in [0.717, 1.165) is 12.4 Å². The molecule has 0 aliphatic carbocycles. The van der Waals surface area contributed by atoms with E-state index in [1.807, 2.05) is 25.8 Å². The summed E-state index contributed by atoms with van der Waals surface area (Å²) in [6.45, 7) is 5.78. The normalized spacial score (nSPS) is 10.9. The van der Waals surface area contributed by atoms with Crippen LogP contribution in [0.25, 0.3) is 0 Å². The van der Waals surface area contributed by atoms with Crippen LogP contribution in [0.4, 0.5) is 11.6 Å². The quantitative estimate of drug-likeness (QED) is 0.784. The zero-order chi connectivity index (χ0) is 13.5. The molecular weight excluding hydrogens is 232 g/mol. The molecule has 0 atom stereocenters. The number of likely N-dealkylation sites (N-methyl/N-ethyl adjacent to an activating group) is 1. The van der Waals surface area contributed by atoms with Crippen LogP contribution in [0.3, 0.4) is 0 Å². The Morgan fingerprint density at radius 2 is 2.11 bits per heavy atom. The van der Waals surface area contributed by atoms with Crippen molar-refractivity contribution in [2.75, 3.05) is 37.9 Å². The molecule has 1 aromatic rings. The van der Waals surface area contributed by atoms with Gasteiger partial charge in [0, 0.05) is 26.8 Å². The molecule has 0 aromatic carbocycles. The second-order valence-electron chi connectivity index (χ2n) is 4.34. The van der Waals surface area contributed by atoms with Gasteiger partial charge in [0.1, 0.15) is 18.2 Å². The summed E-state index contributed by atoms with van der Waals surface area (Å²) in [7, 11) is 3.55. The van der Waals surface area contributed by atoms with E-state index in [9.17, 15) is 0 Å². The van der Waals surface area contributed by atoms with Crippen molar-refractivity contribution in [1.82, 2.24) is 9.97 Å². The fourth-order valence-electron chi connectivity index (χ4n) is 1.43. The molecule has 1 heterocycles. The molecule has 0 radical (unpaired) electrons. The zero-order valence-corrected chi connectivity index (χ0v) is 11.5. The Hall–Kier alpha value is -1.40. The Balaban J connectivity index is 2.63. The lowest BCUT2D eigenvalue weighted by atomic mass is 10.4. The molecule has 0 fully saturated rings. The van der Waals surface area contributed by atoms with Crippen molar-refractivity contribution in [2.45, 2.75) is 26.6 Å². The Bertz CT molecular complexity index is 371. The number of nitrogens with zero attached hydrogens (tertiary/aromatic N) is 3. The number of hydrogen-bond acceptors (Lipinski definition) is 6. The first-order valence-corrected chi connectivity index (χ1v) is 5.98. The van der Waals surface area contributed by atoms with Gasteiger partial charge in [-0.2, -0.15) is 0 Å². The average Bonchev–Trinajstić information content (AvgIpc) is 2.28. The molecule has 102 valence electrons. The number of nitrogens with two attached hydrogens (primary N) is 1. The maximum Gasteiger partial charge on any atom is 0.158 e. The predicted octanol–water partition coefficient (Wildman–Crippen LogP) is 1.07. The SMILES string of the molecule is COCc1nc(N)cc(N(C)CCOC(C)C)n1. The van der Waals surface area contributed by atoms with Crippen molar-refractivity contribution in [1.29, 1.82) is 0 Å². The molecule has 6 nitrogen and oxygen atoms in total. The summed E-state index contributed by atoms with van der Waals surface area (Å²) in [4.78, 5) is 10.5. The van der Waals surface area contributed by atoms with Gasteiger partial charge in [-0.15, -0.1) is 0 Å². The van der Waals surface area contributed by atoms with E-state index >= 15 is 0 Å². The van der Waals surface area contributed by atoms with Crippen molar-refractivity contribution >= 4 is 11.6 Å². The van der Waals surface area contributed by atoms with Gasteiger partial charge < -0.3 is 20.1 Å². The molecule has 6 heteroatoms. The van der Waals surface area contributed by atoms with Gasteiger partial charge in [-0.05, 0) is 13.8 Å². The molecule has 0 aliphatic heterocycles. The van der Waals surface area contributed by atoms with E-state index in [1.54, 1.807) is 13.2 Å². The van der Waals surface area contributed by atoms with Crippen LogP contribution in [0.1, 0.15) is 19.7 Å². The third kappa shape index (κ3) is 4.85. The number of ether oxygens (including phenoxy) is 2. The van der Waals surface area contributed by atoms with Crippen LogP contribution in [0.2, 0.25) is 0 Å². The maximum absolute atomic E-state index is 5.74. The molecule has 0 unspecified atom stereocenters. The van der Waals surface area contributed by atoms with Gasteiger partial charge in [-0.1, -0.05) is 0 Å². The standard InChI is InChI=1S/C12H22N4O2/c1-9(2)18-6-5-16(3)12-7-10(13)14-11(15-12)8-17-4/h7,9H,5-6,8H2,1-4H3,(H2,13,14,15). The van der Waals surface area contributed by atoms with Gasteiger partial charge in [-0.25, -0.2) is 9.97 Å². The summed E-state index contributed by atoms with van der Waals surface area (Å²) in [5.74, 6) is 1.81. The van der Waals surface area contributed by atoms with Gasteiger partial charge >= 0.3 is 0 Å². The minimum atomic E-state index is 0.234. The number of anilines is 2. The average molecular weight is 254 g/mol. The second-order valence-corrected chi connectivity index (χ2v) is 4.34. The summed E-state index contributed by atoms with van der Waals surface area (Å²) >= 11 is 0. The number of aromatic nitrogens is 2. The summed E-state index contributed by atoms with van der Waals surface area (Å²) in [5.41, 5.74) is 5.74. The Labute approximate surface area is 108 Å². The van der Waals surface area contributed by atoms with Gasteiger partial charge in [0.25, 0.3) is 0 Å². The maximum atomic E-state index is 5.74. The van der Waals surface area contributed by atoms with Crippen LogP contribution in [0.5, 0.6) is 0 Å². The van der Waals surface area contributed by atoms with Crippen molar-refractivity contribution in [3.8, 4) is 0 Å². The molecular formula is C12H22N4O2. The predicted molar refractivity (Wildman–Crippen MR) is 71.5 cm³/mol.